The van der Waals surface area contributed by atoms with Gasteiger partial charge in [0.25, 0.3) is 0 Å². The summed E-state index contributed by atoms with van der Waals surface area (Å²) in [6, 6.07) is 0. The topological polar surface area (TPSA) is 70.9 Å². The summed E-state index contributed by atoms with van der Waals surface area (Å²) in [7, 11) is 0. The normalized spacial score (nSPS) is 17.0. The van der Waals surface area contributed by atoms with Crippen molar-refractivity contribution in [2.75, 3.05) is 11.9 Å². The second-order valence-corrected chi connectivity index (χ2v) is 7.52. The van der Waals surface area contributed by atoms with E-state index in [9.17, 15) is 18.3 Å². The van der Waals surface area contributed by atoms with Crippen LogP contribution in [0.4, 0.5) is 19.1 Å². The number of aromatic nitrogens is 3. The predicted molar refractivity (Wildman–Crippen MR) is 94.6 cm³/mol. The number of allylic oxidation sites excluding steroid dienone is 2. The number of hydrogen-bond acceptors (Lipinski definition) is 5. The van der Waals surface area contributed by atoms with Gasteiger partial charge in [-0.15, -0.1) is 0 Å². The highest BCUT2D eigenvalue weighted by atomic mass is 19.4. The molecule has 8 heteroatoms. The zero-order valence-electron chi connectivity index (χ0n) is 15.5. The molecule has 5 nitrogen and oxygen atoms in total. The number of halogens is 3. The molecule has 1 atom stereocenters. The van der Waals surface area contributed by atoms with Crippen LogP contribution in [0.25, 0.3) is 5.57 Å². The second-order valence-electron chi connectivity index (χ2n) is 7.52. The fourth-order valence-corrected chi connectivity index (χ4v) is 2.60. The van der Waals surface area contributed by atoms with Crippen LogP contribution in [0, 0.1) is 5.92 Å². The first kappa shape index (κ1) is 20.6. The van der Waals surface area contributed by atoms with Crippen molar-refractivity contribution in [2.45, 2.75) is 71.1 Å². The molecule has 1 aliphatic carbocycles. The highest BCUT2D eigenvalue weighted by Gasteiger charge is 2.35. The van der Waals surface area contributed by atoms with E-state index in [4.69, 9.17) is 0 Å². The van der Waals surface area contributed by atoms with E-state index >= 15 is 0 Å². The maximum atomic E-state index is 12.8. The van der Waals surface area contributed by atoms with Crippen molar-refractivity contribution < 1.29 is 18.3 Å². The van der Waals surface area contributed by atoms with Crippen LogP contribution in [-0.2, 0) is 6.42 Å². The summed E-state index contributed by atoms with van der Waals surface area (Å²) in [6.07, 6.45) is 1.89. The Morgan fingerprint density at radius 2 is 1.92 bits per heavy atom. The SMILES string of the molecule is C[C@@H](CCc1nc(NCC(C)(C)O)nc(C2=CCCCC2)n1)C(F)(F)F. The molecule has 1 aromatic rings. The first-order chi connectivity index (χ1) is 12.0. The molecule has 1 aromatic heterocycles. The third kappa shape index (κ3) is 6.55. The average molecular weight is 372 g/mol. The van der Waals surface area contributed by atoms with Crippen LogP contribution in [0.2, 0.25) is 0 Å². The van der Waals surface area contributed by atoms with Gasteiger partial charge in [-0.1, -0.05) is 13.0 Å². The number of aryl methyl sites for hydroxylation is 1. The van der Waals surface area contributed by atoms with E-state index in [-0.39, 0.29) is 19.4 Å². The highest BCUT2D eigenvalue weighted by Crippen LogP contribution is 2.29. The molecule has 146 valence electrons. The number of alkyl halides is 3. The molecule has 2 rings (SSSR count). The molecule has 1 aliphatic rings. The lowest BCUT2D eigenvalue weighted by Gasteiger charge is -2.19. The molecular formula is C18H27F3N4O. The molecular weight excluding hydrogens is 345 g/mol. The van der Waals surface area contributed by atoms with Crippen molar-refractivity contribution in [3.63, 3.8) is 0 Å². The molecule has 0 saturated carbocycles. The third-order valence-electron chi connectivity index (χ3n) is 4.30. The van der Waals surface area contributed by atoms with Crippen LogP contribution < -0.4 is 5.32 Å². The molecule has 0 fully saturated rings. The summed E-state index contributed by atoms with van der Waals surface area (Å²) >= 11 is 0. The van der Waals surface area contributed by atoms with E-state index < -0.39 is 17.7 Å². The van der Waals surface area contributed by atoms with E-state index in [1.807, 2.05) is 0 Å². The number of aliphatic hydroxyl groups is 1. The Hall–Kier alpha value is -1.70. The quantitative estimate of drug-likeness (QED) is 0.753. The highest BCUT2D eigenvalue weighted by molar-refractivity contribution is 5.61. The van der Waals surface area contributed by atoms with E-state index in [0.717, 1.165) is 31.3 Å². The summed E-state index contributed by atoms with van der Waals surface area (Å²) in [5.41, 5.74) is 0.0528. The van der Waals surface area contributed by atoms with Gasteiger partial charge in [0, 0.05) is 13.0 Å². The fraction of sp³-hybridized carbons (Fsp3) is 0.722. The summed E-state index contributed by atoms with van der Waals surface area (Å²) < 4.78 is 38.3. The standard InChI is InChI=1S/C18H27F3N4O/c1-12(18(19,20)21)9-10-14-23-15(13-7-5-4-6-8-13)25-16(24-14)22-11-17(2,3)26/h7,12,26H,4-6,8-11H2,1-3H3,(H,22,23,24,25)/t12-/m0/s1. The minimum Gasteiger partial charge on any atom is -0.389 e. The molecule has 0 spiro atoms. The van der Waals surface area contributed by atoms with Gasteiger partial charge in [0.2, 0.25) is 5.95 Å². The van der Waals surface area contributed by atoms with Crippen molar-refractivity contribution in [3.8, 4) is 0 Å². The zero-order chi connectivity index (χ0) is 19.4. The van der Waals surface area contributed by atoms with Crippen LogP contribution in [-0.4, -0.2) is 38.4 Å². The first-order valence-corrected chi connectivity index (χ1v) is 9.02. The van der Waals surface area contributed by atoms with Crippen LogP contribution >= 0.6 is 0 Å². The summed E-state index contributed by atoms with van der Waals surface area (Å²) in [6.45, 7) is 4.70. The fourth-order valence-electron chi connectivity index (χ4n) is 2.60. The molecule has 0 unspecified atom stereocenters. The van der Waals surface area contributed by atoms with Gasteiger partial charge in [-0.25, -0.2) is 4.98 Å². The molecule has 0 radical (unpaired) electrons. The largest absolute Gasteiger partial charge is 0.391 e. The maximum Gasteiger partial charge on any atom is 0.391 e. The Labute approximate surface area is 152 Å². The lowest BCUT2D eigenvalue weighted by molar-refractivity contribution is -0.171. The minimum atomic E-state index is -4.22. The van der Waals surface area contributed by atoms with Gasteiger partial charge in [0.1, 0.15) is 5.82 Å². The van der Waals surface area contributed by atoms with Gasteiger partial charge in [-0.05, 0) is 51.5 Å². The smallest absolute Gasteiger partial charge is 0.389 e. The van der Waals surface area contributed by atoms with Crippen molar-refractivity contribution >= 4 is 11.5 Å². The first-order valence-electron chi connectivity index (χ1n) is 9.02. The average Bonchev–Trinajstić information content (AvgIpc) is 2.57. The zero-order valence-corrected chi connectivity index (χ0v) is 15.5. The Morgan fingerprint density at radius 3 is 2.50 bits per heavy atom. The molecule has 26 heavy (non-hydrogen) atoms. The maximum absolute atomic E-state index is 12.8. The summed E-state index contributed by atoms with van der Waals surface area (Å²) in [5, 5.41) is 12.8. The minimum absolute atomic E-state index is 0.0725. The van der Waals surface area contributed by atoms with E-state index in [1.54, 1.807) is 13.8 Å². The number of hydrogen-bond donors (Lipinski definition) is 2. The van der Waals surface area contributed by atoms with Gasteiger partial charge >= 0.3 is 6.18 Å². The van der Waals surface area contributed by atoms with E-state index in [2.05, 4.69) is 26.3 Å². The molecule has 2 N–H and O–H groups in total. The third-order valence-corrected chi connectivity index (χ3v) is 4.30. The molecule has 0 bridgehead atoms. The second kappa shape index (κ2) is 8.33. The van der Waals surface area contributed by atoms with Gasteiger partial charge in [0.05, 0.1) is 11.5 Å². The van der Waals surface area contributed by atoms with Crippen molar-refractivity contribution in [1.82, 2.24) is 15.0 Å². The molecule has 0 aromatic carbocycles. The van der Waals surface area contributed by atoms with Crippen LogP contribution in [0.15, 0.2) is 6.08 Å². The number of anilines is 1. The van der Waals surface area contributed by atoms with Gasteiger partial charge in [-0.2, -0.15) is 23.1 Å². The lowest BCUT2D eigenvalue weighted by Crippen LogP contribution is -2.30. The number of nitrogens with one attached hydrogen (secondary N) is 1. The monoisotopic (exact) mass is 372 g/mol. The van der Waals surface area contributed by atoms with Gasteiger partial charge in [0.15, 0.2) is 5.82 Å². The van der Waals surface area contributed by atoms with E-state index in [1.165, 1.54) is 6.92 Å². The number of nitrogens with zero attached hydrogens (tertiary/aromatic N) is 3. The van der Waals surface area contributed by atoms with Crippen molar-refractivity contribution in [2.24, 2.45) is 5.92 Å². The van der Waals surface area contributed by atoms with Crippen LogP contribution in [0.3, 0.4) is 0 Å². The van der Waals surface area contributed by atoms with Crippen LogP contribution in [0.1, 0.15) is 64.5 Å². The van der Waals surface area contributed by atoms with Gasteiger partial charge < -0.3 is 10.4 Å². The Balaban J connectivity index is 2.20. The molecule has 1 heterocycles. The Bertz CT molecular complexity index is 638. The molecule has 0 aliphatic heterocycles. The van der Waals surface area contributed by atoms with Crippen molar-refractivity contribution in [3.05, 3.63) is 17.7 Å². The van der Waals surface area contributed by atoms with Gasteiger partial charge in [-0.3, -0.25) is 0 Å². The Kier molecular flexibility index (Phi) is 6.60. The van der Waals surface area contributed by atoms with E-state index in [0.29, 0.717) is 17.6 Å². The predicted octanol–water partition coefficient (Wildman–Crippen LogP) is 4.14. The number of rotatable bonds is 7. The molecule has 0 amide bonds. The summed E-state index contributed by atoms with van der Waals surface area (Å²) in [4.78, 5) is 13.0. The van der Waals surface area contributed by atoms with Crippen molar-refractivity contribution in [1.29, 1.82) is 0 Å². The van der Waals surface area contributed by atoms with Crippen LogP contribution in [0.5, 0.6) is 0 Å². The lowest BCUT2D eigenvalue weighted by atomic mass is 9.99. The molecule has 0 saturated heterocycles. The summed E-state index contributed by atoms with van der Waals surface area (Å²) in [5.74, 6) is -0.258. The Morgan fingerprint density at radius 1 is 1.19 bits per heavy atom.